The van der Waals surface area contributed by atoms with Crippen molar-refractivity contribution < 1.29 is 9.90 Å². The van der Waals surface area contributed by atoms with Crippen LogP contribution in [0.2, 0.25) is 5.02 Å². The lowest BCUT2D eigenvalue weighted by Gasteiger charge is -2.46. The van der Waals surface area contributed by atoms with Crippen molar-refractivity contribution in [1.82, 2.24) is 20.2 Å². The molecule has 2 heterocycles. The van der Waals surface area contributed by atoms with Crippen LogP contribution >= 0.6 is 11.6 Å². The molecule has 2 aromatic carbocycles. The Morgan fingerprint density at radius 3 is 2.53 bits per heavy atom. The molecular weight excluding hydrogens is 474 g/mol. The normalized spacial score (nSPS) is 23.0. The average molecular weight is 498 g/mol. The number of halogens is 1. The van der Waals surface area contributed by atoms with E-state index >= 15 is 0 Å². The van der Waals surface area contributed by atoms with Crippen molar-refractivity contribution in [2.24, 2.45) is 23.7 Å². The Labute approximate surface area is 213 Å². The number of carboxylic acid groups (broad SMARTS) is 1. The number of benzene rings is 2. The van der Waals surface area contributed by atoms with Gasteiger partial charge in [-0.15, -0.1) is 0 Å². The molecule has 3 aliphatic carbocycles. The Kier molecular flexibility index (Phi) is 5.69. The van der Waals surface area contributed by atoms with Gasteiger partial charge in [-0.1, -0.05) is 35.9 Å². The van der Waals surface area contributed by atoms with Crippen LogP contribution in [0.4, 0.5) is 5.69 Å². The highest BCUT2D eigenvalue weighted by molar-refractivity contribution is 6.31. The van der Waals surface area contributed by atoms with Crippen molar-refractivity contribution in [3.63, 3.8) is 0 Å². The molecule has 3 fully saturated rings. The minimum atomic E-state index is -0.688. The van der Waals surface area contributed by atoms with Gasteiger partial charge in [-0.3, -0.25) is 9.89 Å². The fourth-order valence-corrected chi connectivity index (χ4v) is 6.39. The number of aromatic amines is 1. The van der Waals surface area contributed by atoms with Gasteiger partial charge in [-0.05, 0) is 79.7 Å². The van der Waals surface area contributed by atoms with E-state index in [0.717, 1.165) is 53.5 Å². The van der Waals surface area contributed by atoms with Gasteiger partial charge in [0.2, 0.25) is 0 Å². The summed E-state index contributed by atoms with van der Waals surface area (Å²) in [5.74, 6) is 0.158. The molecule has 0 aliphatic heterocycles. The van der Waals surface area contributed by atoms with Crippen LogP contribution in [0.3, 0.4) is 0 Å². The van der Waals surface area contributed by atoms with Gasteiger partial charge in [0.05, 0.1) is 23.7 Å². The van der Waals surface area contributed by atoms with Crippen molar-refractivity contribution in [1.29, 1.82) is 0 Å². The second-order valence-electron chi connectivity index (χ2n) is 9.90. The highest BCUT2D eigenvalue weighted by Crippen LogP contribution is 2.50. The molecule has 2 aromatic heterocycles. The zero-order chi connectivity index (χ0) is 24.8. The van der Waals surface area contributed by atoms with Crippen LogP contribution in [-0.2, 0) is 11.2 Å². The van der Waals surface area contributed by atoms with E-state index in [0.29, 0.717) is 34.6 Å². The fourth-order valence-electron chi connectivity index (χ4n) is 6.21. The quantitative estimate of drug-likeness (QED) is 0.304. The second kappa shape index (κ2) is 9.03. The summed E-state index contributed by atoms with van der Waals surface area (Å²) in [5.41, 5.74) is 4.40. The number of hydrogen-bond acceptors (Lipinski definition) is 4. The molecule has 2 atom stereocenters. The predicted molar refractivity (Wildman–Crippen MR) is 138 cm³/mol. The second-order valence-corrected chi connectivity index (χ2v) is 10.3. The molecule has 7 nitrogen and oxygen atoms in total. The first-order valence-corrected chi connectivity index (χ1v) is 12.6. The van der Waals surface area contributed by atoms with Gasteiger partial charge < -0.3 is 5.11 Å². The third-order valence-electron chi connectivity index (χ3n) is 7.93. The number of carboxylic acids is 1. The zero-order valence-electron chi connectivity index (χ0n) is 19.5. The molecule has 0 radical (unpaired) electrons. The summed E-state index contributed by atoms with van der Waals surface area (Å²) in [5, 5.41) is 19.0. The smallest absolute Gasteiger partial charge is 0.307 e. The summed E-state index contributed by atoms with van der Waals surface area (Å²) in [6.07, 6.45) is 4.77. The topological polar surface area (TPSA) is 96.1 Å². The van der Waals surface area contributed by atoms with E-state index in [1.54, 1.807) is 18.2 Å². The van der Waals surface area contributed by atoms with E-state index in [9.17, 15) is 9.90 Å². The summed E-state index contributed by atoms with van der Waals surface area (Å²) >= 11 is 6.27. The number of aromatic nitrogens is 4. The molecule has 4 aromatic rings. The van der Waals surface area contributed by atoms with Crippen molar-refractivity contribution in [2.75, 3.05) is 0 Å². The molecule has 0 spiro atoms. The number of rotatable bonds is 5. The van der Waals surface area contributed by atoms with E-state index in [1.807, 2.05) is 30.3 Å². The van der Waals surface area contributed by atoms with Crippen molar-refractivity contribution in [3.05, 3.63) is 70.7 Å². The van der Waals surface area contributed by atoms with Crippen LogP contribution < -0.4 is 0 Å². The first kappa shape index (κ1) is 22.7. The van der Waals surface area contributed by atoms with Crippen LogP contribution in [-0.4, -0.2) is 31.2 Å². The maximum atomic E-state index is 12.2. The SMILES string of the molecule is [C-]#[N+]c1ccc(-c2cc(CC3C4CCC(CC4)C3C(=O)O)nc(-c3n[nH]c4ccc(Cl)cc34)n2)cc1. The van der Waals surface area contributed by atoms with E-state index in [2.05, 4.69) is 15.0 Å². The summed E-state index contributed by atoms with van der Waals surface area (Å²) in [6.45, 7) is 7.24. The highest BCUT2D eigenvalue weighted by Gasteiger charge is 2.47. The largest absolute Gasteiger partial charge is 0.481 e. The van der Waals surface area contributed by atoms with Crippen molar-refractivity contribution in [2.45, 2.75) is 32.1 Å². The minimum absolute atomic E-state index is 0.0560. The number of H-pyrrole nitrogens is 1. The van der Waals surface area contributed by atoms with Crippen LogP contribution in [0.15, 0.2) is 48.5 Å². The van der Waals surface area contributed by atoms with Gasteiger partial charge in [0.1, 0.15) is 5.69 Å². The highest BCUT2D eigenvalue weighted by atomic mass is 35.5. The van der Waals surface area contributed by atoms with Crippen LogP contribution in [0.1, 0.15) is 31.4 Å². The molecule has 36 heavy (non-hydrogen) atoms. The average Bonchev–Trinajstić information content (AvgIpc) is 3.32. The Morgan fingerprint density at radius 2 is 1.81 bits per heavy atom. The van der Waals surface area contributed by atoms with Gasteiger partial charge >= 0.3 is 5.97 Å². The van der Waals surface area contributed by atoms with Gasteiger partial charge in [0.25, 0.3) is 0 Å². The van der Waals surface area contributed by atoms with E-state index in [1.165, 1.54) is 0 Å². The summed E-state index contributed by atoms with van der Waals surface area (Å²) < 4.78 is 0. The maximum absolute atomic E-state index is 12.2. The molecule has 180 valence electrons. The van der Waals surface area contributed by atoms with Gasteiger partial charge in [0, 0.05) is 16.1 Å². The molecule has 0 saturated heterocycles. The molecule has 2 bridgehead atoms. The zero-order valence-corrected chi connectivity index (χ0v) is 20.2. The summed E-state index contributed by atoms with van der Waals surface area (Å²) in [4.78, 5) is 25.5. The van der Waals surface area contributed by atoms with Gasteiger partial charge in [0.15, 0.2) is 11.5 Å². The lowest BCUT2D eigenvalue weighted by Crippen LogP contribution is -2.45. The number of nitrogens with zero attached hydrogens (tertiary/aromatic N) is 4. The minimum Gasteiger partial charge on any atom is -0.481 e. The number of fused-ring (bicyclic) bond motifs is 4. The predicted octanol–water partition coefficient (Wildman–Crippen LogP) is 6.57. The standard InChI is InChI=1S/C28H24ClN5O2/c1-30-19-9-6-16(7-10-19)24-14-20(13-21-15-2-4-17(5-3-15)25(21)28(35)36)31-27(32-24)26-22-12-18(29)8-11-23(22)33-34-26/h6-12,14-15,17,21,25H,2-5,13H2,(H,33,34)(H,35,36). The Balaban J connectivity index is 1.46. The first-order valence-electron chi connectivity index (χ1n) is 12.2. The van der Waals surface area contributed by atoms with Crippen molar-refractivity contribution >= 4 is 34.2 Å². The Hall–Kier alpha value is -3.76. The van der Waals surface area contributed by atoms with Crippen LogP contribution in [0, 0.1) is 30.2 Å². The summed E-state index contributed by atoms with van der Waals surface area (Å²) in [6, 6.07) is 14.8. The molecule has 2 unspecified atom stereocenters. The molecule has 8 heteroatoms. The first-order chi connectivity index (χ1) is 17.5. The van der Waals surface area contributed by atoms with E-state index in [-0.39, 0.29) is 17.8 Å². The van der Waals surface area contributed by atoms with E-state index in [4.69, 9.17) is 28.1 Å². The lowest BCUT2D eigenvalue weighted by atomic mass is 9.57. The Bertz CT molecular complexity index is 1500. The maximum Gasteiger partial charge on any atom is 0.307 e. The van der Waals surface area contributed by atoms with Crippen LogP contribution in [0.25, 0.3) is 38.5 Å². The number of hydrogen-bond donors (Lipinski definition) is 2. The number of carbonyl (C=O) groups is 1. The fraction of sp³-hybridized carbons (Fsp3) is 0.321. The van der Waals surface area contributed by atoms with E-state index < -0.39 is 5.97 Å². The monoisotopic (exact) mass is 497 g/mol. The number of aliphatic carboxylic acids is 1. The van der Waals surface area contributed by atoms with Gasteiger partial charge in [-0.2, -0.15) is 5.10 Å². The molecule has 7 rings (SSSR count). The summed E-state index contributed by atoms with van der Waals surface area (Å²) in [7, 11) is 0. The molecule has 3 saturated carbocycles. The van der Waals surface area contributed by atoms with Crippen molar-refractivity contribution in [3.8, 4) is 22.8 Å². The molecule has 2 N–H and O–H groups in total. The third-order valence-corrected chi connectivity index (χ3v) is 8.16. The molecular formula is C28H24ClN5O2. The van der Waals surface area contributed by atoms with Gasteiger partial charge in [-0.25, -0.2) is 14.8 Å². The lowest BCUT2D eigenvalue weighted by molar-refractivity contribution is -0.152. The third kappa shape index (κ3) is 4.02. The molecule has 0 amide bonds. The van der Waals surface area contributed by atoms with Crippen LogP contribution in [0.5, 0.6) is 0 Å². The Morgan fingerprint density at radius 1 is 1.06 bits per heavy atom. The molecule has 3 aliphatic rings. The number of nitrogens with one attached hydrogen (secondary N) is 1.